The van der Waals surface area contributed by atoms with Gasteiger partial charge in [0.05, 0.1) is 11.3 Å². The second kappa shape index (κ2) is 4.70. The smallest absolute Gasteiger partial charge is 0.239 e. The van der Waals surface area contributed by atoms with E-state index in [4.69, 9.17) is 4.52 Å². The Kier molecular flexibility index (Phi) is 3.17. The molecule has 1 aromatic heterocycles. The van der Waals surface area contributed by atoms with Gasteiger partial charge in [-0.25, -0.2) is 0 Å². The van der Waals surface area contributed by atoms with Crippen LogP contribution in [0.2, 0.25) is 0 Å². The van der Waals surface area contributed by atoms with Crippen LogP contribution in [0.3, 0.4) is 0 Å². The van der Waals surface area contributed by atoms with Crippen LogP contribution in [0, 0.1) is 23.7 Å². The number of benzene rings is 1. The van der Waals surface area contributed by atoms with Gasteiger partial charge in [0.25, 0.3) is 0 Å². The van der Waals surface area contributed by atoms with Gasteiger partial charge in [-0.2, -0.15) is 0 Å². The van der Waals surface area contributed by atoms with E-state index in [1.165, 1.54) is 0 Å². The SMILES string of the molecule is Cc1noc(NC(=O)C2C(C)(C)C2(C)C)c1-c1ccccc1. The molecule has 1 aliphatic carbocycles. The van der Waals surface area contributed by atoms with Gasteiger partial charge in [0.1, 0.15) is 0 Å². The van der Waals surface area contributed by atoms with E-state index in [-0.39, 0.29) is 22.7 Å². The summed E-state index contributed by atoms with van der Waals surface area (Å²) in [6, 6.07) is 9.85. The number of carbonyl (C=O) groups excluding carboxylic acids is 1. The number of aryl methyl sites for hydroxylation is 1. The summed E-state index contributed by atoms with van der Waals surface area (Å²) in [5, 5.41) is 6.94. The van der Waals surface area contributed by atoms with Crippen molar-refractivity contribution in [3.63, 3.8) is 0 Å². The van der Waals surface area contributed by atoms with Gasteiger partial charge in [-0.3, -0.25) is 10.1 Å². The predicted molar refractivity (Wildman–Crippen MR) is 86.4 cm³/mol. The molecule has 1 fully saturated rings. The lowest BCUT2D eigenvalue weighted by Crippen LogP contribution is -2.17. The van der Waals surface area contributed by atoms with Crippen molar-refractivity contribution in [1.82, 2.24) is 5.16 Å². The zero-order valence-electron chi connectivity index (χ0n) is 13.7. The molecule has 0 spiro atoms. The maximum absolute atomic E-state index is 12.6. The Morgan fingerprint density at radius 3 is 2.27 bits per heavy atom. The molecule has 1 aliphatic rings. The Hall–Kier alpha value is -2.10. The van der Waals surface area contributed by atoms with Crippen molar-refractivity contribution in [3.8, 4) is 11.1 Å². The lowest BCUT2D eigenvalue weighted by molar-refractivity contribution is -0.118. The maximum Gasteiger partial charge on any atom is 0.239 e. The van der Waals surface area contributed by atoms with Gasteiger partial charge in [-0.1, -0.05) is 63.2 Å². The number of aromatic nitrogens is 1. The largest absolute Gasteiger partial charge is 0.337 e. The minimum atomic E-state index is -0.0194. The molecular weight excluding hydrogens is 276 g/mol. The fraction of sp³-hybridized carbons (Fsp3) is 0.444. The van der Waals surface area contributed by atoms with Crippen LogP contribution in [-0.4, -0.2) is 11.1 Å². The lowest BCUT2D eigenvalue weighted by atomic mass is 10.0. The first kappa shape index (κ1) is 14.8. The predicted octanol–water partition coefficient (Wildman–Crippen LogP) is 4.27. The number of hydrogen-bond donors (Lipinski definition) is 1. The highest BCUT2D eigenvalue weighted by molar-refractivity contribution is 5.98. The van der Waals surface area contributed by atoms with E-state index >= 15 is 0 Å². The van der Waals surface area contributed by atoms with E-state index in [2.05, 4.69) is 38.2 Å². The first-order valence-electron chi connectivity index (χ1n) is 7.59. The number of nitrogens with one attached hydrogen (secondary N) is 1. The fourth-order valence-electron chi connectivity index (χ4n) is 3.44. The van der Waals surface area contributed by atoms with Crippen molar-refractivity contribution in [1.29, 1.82) is 0 Å². The molecule has 1 saturated carbocycles. The summed E-state index contributed by atoms with van der Waals surface area (Å²) in [6.45, 7) is 10.4. The van der Waals surface area contributed by atoms with Crippen molar-refractivity contribution >= 4 is 11.8 Å². The molecule has 0 radical (unpaired) electrons. The fourth-order valence-corrected chi connectivity index (χ4v) is 3.44. The van der Waals surface area contributed by atoms with E-state index < -0.39 is 0 Å². The average Bonchev–Trinajstić information content (AvgIpc) is 2.70. The summed E-state index contributed by atoms with van der Waals surface area (Å²) in [4.78, 5) is 12.6. The van der Waals surface area contributed by atoms with Crippen LogP contribution < -0.4 is 5.32 Å². The molecule has 1 amide bonds. The third-order valence-corrected chi connectivity index (χ3v) is 5.44. The van der Waals surface area contributed by atoms with E-state index in [0.29, 0.717) is 5.88 Å². The maximum atomic E-state index is 12.6. The summed E-state index contributed by atoms with van der Waals surface area (Å²) < 4.78 is 5.35. The Balaban J connectivity index is 1.88. The van der Waals surface area contributed by atoms with Gasteiger partial charge in [-0.05, 0) is 23.3 Å². The molecule has 0 aliphatic heterocycles. The molecular formula is C18H22N2O2. The highest BCUT2D eigenvalue weighted by atomic mass is 16.5. The standard InChI is InChI=1S/C18H22N2O2/c1-11-13(12-9-7-6-8-10-12)16(22-20-11)19-15(21)14-17(2,3)18(14,4)5/h6-10,14H,1-5H3,(H,19,21). The summed E-state index contributed by atoms with van der Waals surface area (Å²) >= 11 is 0. The molecule has 0 bridgehead atoms. The lowest BCUT2D eigenvalue weighted by Gasteiger charge is -2.06. The van der Waals surface area contributed by atoms with Crippen LogP contribution >= 0.6 is 0 Å². The van der Waals surface area contributed by atoms with Crippen LogP contribution in [0.1, 0.15) is 33.4 Å². The molecule has 116 valence electrons. The summed E-state index contributed by atoms with van der Waals surface area (Å²) in [7, 11) is 0. The average molecular weight is 298 g/mol. The number of rotatable bonds is 3. The van der Waals surface area contributed by atoms with E-state index in [1.54, 1.807) is 0 Å². The third-order valence-electron chi connectivity index (χ3n) is 5.44. The van der Waals surface area contributed by atoms with Crippen molar-refractivity contribution < 1.29 is 9.32 Å². The van der Waals surface area contributed by atoms with Crippen molar-refractivity contribution in [3.05, 3.63) is 36.0 Å². The number of amides is 1. The van der Waals surface area contributed by atoms with Crippen LogP contribution in [0.15, 0.2) is 34.9 Å². The Morgan fingerprint density at radius 2 is 1.73 bits per heavy atom. The minimum Gasteiger partial charge on any atom is -0.337 e. The molecule has 4 heteroatoms. The molecule has 22 heavy (non-hydrogen) atoms. The Labute approximate surface area is 130 Å². The molecule has 0 saturated heterocycles. The molecule has 2 aromatic rings. The second-order valence-corrected chi connectivity index (χ2v) is 7.20. The first-order valence-corrected chi connectivity index (χ1v) is 7.59. The van der Waals surface area contributed by atoms with Crippen molar-refractivity contribution in [2.75, 3.05) is 5.32 Å². The molecule has 1 N–H and O–H groups in total. The topological polar surface area (TPSA) is 55.1 Å². The zero-order chi connectivity index (χ0) is 16.1. The summed E-state index contributed by atoms with van der Waals surface area (Å²) in [5.74, 6) is 0.421. The molecule has 4 nitrogen and oxygen atoms in total. The van der Waals surface area contributed by atoms with E-state index in [0.717, 1.165) is 16.8 Å². The molecule has 0 atom stereocenters. The van der Waals surface area contributed by atoms with E-state index in [9.17, 15) is 4.79 Å². The second-order valence-electron chi connectivity index (χ2n) is 7.20. The van der Waals surface area contributed by atoms with Crippen LogP contribution in [0.5, 0.6) is 0 Å². The number of nitrogens with zero attached hydrogens (tertiary/aromatic N) is 1. The quantitative estimate of drug-likeness (QED) is 0.920. The summed E-state index contributed by atoms with van der Waals surface area (Å²) in [5.41, 5.74) is 2.62. The summed E-state index contributed by atoms with van der Waals surface area (Å²) in [6.07, 6.45) is 0. The number of anilines is 1. The van der Waals surface area contributed by atoms with E-state index in [1.807, 2.05) is 37.3 Å². The van der Waals surface area contributed by atoms with Gasteiger partial charge >= 0.3 is 0 Å². The molecule has 1 heterocycles. The van der Waals surface area contributed by atoms with Crippen LogP contribution in [0.25, 0.3) is 11.1 Å². The first-order chi connectivity index (χ1) is 10.3. The number of hydrogen-bond acceptors (Lipinski definition) is 3. The number of carbonyl (C=O) groups is 1. The molecule has 3 rings (SSSR count). The third kappa shape index (κ3) is 2.05. The Morgan fingerprint density at radius 1 is 1.14 bits per heavy atom. The molecule has 0 unspecified atom stereocenters. The normalized spacial score (nSPS) is 19.0. The molecule has 1 aromatic carbocycles. The highest BCUT2D eigenvalue weighted by Crippen LogP contribution is 2.68. The van der Waals surface area contributed by atoms with Crippen LogP contribution in [0.4, 0.5) is 5.88 Å². The van der Waals surface area contributed by atoms with Crippen molar-refractivity contribution in [2.45, 2.75) is 34.6 Å². The van der Waals surface area contributed by atoms with Gasteiger partial charge in [-0.15, -0.1) is 0 Å². The van der Waals surface area contributed by atoms with Gasteiger partial charge in [0, 0.05) is 5.92 Å². The van der Waals surface area contributed by atoms with Crippen LogP contribution in [-0.2, 0) is 4.79 Å². The highest BCUT2D eigenvalue weighted by Gasteiger charge is 2.68. The van der Waals surface area contributed by atoms with Crippen molar-refractivity contribution in [2.24, 2.45) is 16.7 Å². The van der Waals surface area contributed by atoms with Gasteiger partial charge in [0.15, 0.2) is 0 Å². The zero-order valence-corrected chi connectivity index (χ0v) is 13.7. The van der Waals surface area contributed by atoms with Gasteiger partial charge in [0.2, 0.25) is 11.8 Å². The van der Waals surface area contributed by atoms with Gasteiger partial charge < -0.3 is 4.52 Å². The Bertz CT molecular complexity index is 700. The minimum absolute atomic E-state index is 0.000933. The monoisotopic (exact) mass is 298 g/mol.